The molecule has 0 aliphatic carbocycles. The van der Waals surface area contributed by atoms with Gasteiger partial charge in [0.1, 0.15) is 0 Å². The minimum atomic E-state index is -3.77. The van der Waals surface area contributed by atoms with Crippen LogP contribution in [0.5, 0.6) is 0 Å². The molecular weight excluding hydrogens is 343 g/mol. The van der Waals surface area contributed by atoms with Gasteiger partial charge in [-0.1, -0.05) is 23.2 Å². The van der Waals surface area contributed by atoms with Crippen LogP contribution in [0.25, 0.3) is 0 Å². The summed E-state index contributed by atoms with van der Waals surface area (Å²) >= 11 is 11.5. The van der Waals surface area contributed by atoms with E-state index in [4.69, 9.17) is 37.8 Å². The number of halogens is 2. The van der Waals surface area contributed by atoms with Crippen LogP contribution >= 0.6 is 23.2 Å². The first kappa shape index (κ1) is 18.2. The Hall–Kier alpha value is -0.860. The minimum Gasteiger partial charge on any atom is -0.478 e. The molecule has 1 aromatic rings. The Morgan fingerprint density at radius 2 is 1.86 bits per heavy atom. The molecule has 0 saturated heterocycles. The average molecular weight is 357 g/mol. The quantitative estimate of drug-likeness (QED) is 0.717. The zero-order valence-electron chi connectivity index (χ0n) is 11.1. The van der Waals surface area contributed by atoms with E-state index in [-0.39, 0.29) is 39.5 Å². The maximum Gasteiger partial charge on any atom is 0.337 e. The fourth-order valence-electron chi connectivity index (χ4n) is 1.45. The van der Waals surface area contributed by atoms with Crippen molar-refractivity contribution < 1.29 is 27.8 Å². The van der Waals surface area contributed by atoms with Gasteiger partial charge in [0, 0.05) is 7.11 Å². The van der Waals surface area contributed by atoms with Crippen molar-refractivity contribution in [1.82, 2.24) is 0 Å². The van der Waals surface area contributed by atoms with Gasteiger partial charge in [-0.15, -0.1) is 0 Å². The van der Waals surface area contributed by atoms with Crippen LogP contribution in [-0.2, 0) is 19.3 Å². The average Bonchev–Trinajstić information content (AvgIpc) is 2.37. The molecule has 0 unspecified atom stereocenters. The lowest BCUT2D eigenvalue weighted by Gasteiger charge is -2.09. The molecule has 9 heteroatoms. The van der Waals surface area contributed by atoms with Crippen molar-refractivity contribution in [2.45, 2.75) is 4.90 Å². The first-order valence-corrected chi connectivity index (χ1v) is 8.22. The lowest BCUT2D eigenvalue weighted by Crippen LogP contribution is -2.15. The zero-order valence-corrected chi connectivity index (χ0v) is 13.5. The number of benzene rings is 1. The van der Waals surface area contributed by atoms with Crippen LogP contribution in [-0.4, -0.2) is 52.2 Å². The summed E-state index contributed by atoms with van der Waals surface area (Å²) in [7, 11) is -2.27. The molecule has 1 rings (SSSR count). The van der Waals surface area contributed by atoms with E-state index in [0.717, 1.165) is 12.1 Å². The van der Waals surface area contributed by atoms with Crippen LogP contribution in [0.2, 0.25) is 10.0 Å². The van der Waals surface area contributed by atoms with Crippen LogP contribution < -0.4 is 0 Å². The predicted octanol–water partition coefficient (Wildman–Crippen LogP) is 2.13. The number of hydrogen-bond acceptors (Lipinski definition) is 5. The second-order valence-corrected chi connectivity index (χ2v) is 6.88. The smallest absolute Gasteiger partial charge is 0.337 e. The van der Waals surface area contributed by atoms with E-state index in [2.05, 4.69) is 0 Å². The molecule has 0 heterocycles. The predicted molar refractivity (Wildman–Crippen MR) is 78.2 cm³/mol. The number of carbonyl (C=O) groups is 1. The Morgan fingerprint density at radius 3 is 2.43 bits per heavy atom. The molecule has 0 atom stereocenters. The first-order chi connectivity index (χ1) is 9.79. The molecule has 0 radical (unpaired) electrons. The molecular formula is C12H14Cl2O6S. The Bertz CT molecular complexity index is 614. The summed E-state index contributed by atoms with van der Waals surface area (Å²) in [6.07, 6.45) is 0. The fourth-order valence-corrected chi connectivity index (χ4v) is 3.48. The van der Waals surface area contributed by atoms with Crippen molar-refractivity contribution in [3.05, 3.63) is 27.7 Å². The van der Waals surface area contributed by atoms with Gasteiger partial charge in [-0.3, -0.25) is 0 Å². The molecule has 0 aliphatic heterocycles. The van der Waals surface area contributed by atoms with Gasteiger partial charge in [0.25, 0.3) is 0 Å². The van der Waals surface area contributed by atoms with Crippen LogP contribution in [0.4, 0.5) is 0 Å². The van der Waals surface area contributed by atoms with Crippen LogP contribution in [0.1, 0.15) is 10.4 Å². The summed E-state index contributed by atoms with van der Waals surface area (Å²) in [6, 6.07) is 2.06. The summed E-state index contributed by atoms with van der Waals surface area (Å²) in [4.78, 5) is 10.7. The van der Waals surface area contributed by atoms with E-state index in [1.54, 1.807) is 0 Å². The standard InChI is InChI=1S/C12H14Cl2O6S/c1-19-2-3-20-4-5-21(17,18)11-6-8(12(15)16)9(13)7-10(11)14/h6-7H,2-5H2,1H3,(H,15,16). The zero-order chi connectivity index (χ0) is 16.0. The summed E-state index contributed by atoms with van der Waals surface area (Å²) in [5.74, 6) is -1.65. The summed E-state index contributed by atoms with van der Waals surface area (Å²) < 4.78 is 34.1. The largest absolute Gasteiger partial charge is 0.478 e. The minimum absolute atomic E-state index is 0.0486. The number of carboxylic acids is 1. The maximum absolute atomic E-state index is 12.1. The summed E-state index contributed by atoms with van der Waals surface area (Å²) in [5.41, 5.74) is -0.319. The number of carboxylic acid groups (broad SMARTS) is 1. The Kier molecular flexibility index (Phi) is 6.89. The van der Waals surface area contributed by atoms with Gasteiger partial charge in [0.05, 0.1) is 46.1 Å². The molecule has 0 fully saturated rings. The van der Waals surface area contributed by atoms with Crippen molar-refractivity contribution in [2.75, 3.05) is 32.7 Å². The van der Waals surface area contributed by atoms with E-state index in [9.17, 15) is 13.2 Å². The van der Waals surface area contributed by atoms with Crippen molar-refractivity contribution in [3.8, 4) is 0 Å². The molecule has 0 aromatic heterocycles. The molecule has 1 aromatic carbocycles. The summed E-state index contributed by atoms with van der Waals surface area (Å²) in [5, 5.41) is 8.71. The molecule has 0 saturated carbocycles. The number of ether oxygens (including phenoxy) is 2. The highest BCUT2D eigenvalue weighted by atomic mass is 35.5. The number of hydrogen-bond donors (Lipinski definition) is 1. The SMILES string of the molecule is COCCOCCS(=O)(=O)c1cc(C(=O)O)c(Cl)cc1Cl. The second kappa shape index (κ2) is 7.95. The highest BCUT2D eigenvalue weighted by Gasteiger charge is 2.22. The van der Waals surface area contributed by atoms with Crippen LogP contribution in [0, 0.1) is 0 Å². The molecule has 0 spiro atoms. The van der Waals surface area contributed by atoms with Gasteiger partial charge in [0.15, 0.2) is 9.84 Å². The van der Waals surface area contributed by atoms with Gasteiger partial charge < -0.3 is 14.6 Å². The van der Waals surface area contributed by atoms with Crippen LogP contribution in [0.15, 0.2) is 17.0 Å². The lowest BCUT2D eigenvalue weighted by molar-refractivity contribution is 0.0697. The third-order valence-corrected chi connectivity index (χ3v) is 4.96. The molecule has 6 nitrogen and oxygen atoms in total. The normalized spacial score (nSPS) is 11.6. The van der Waals surface area contributed by atoms with E-state index in [0.29, 0.717) is 6.61 Å². The molecule has 1 N–H and O–H groups in total. The molecule has 118 valence electrons. The van der Waals surface area contributed by atoms with Gasteiger partial charge in [-0.05, 0) is 12.1 Å². The molecule has 0 bridgehead atoms. The second-order valence-electron chi connectivity index (χ2n) is 3.99. The number of rotatable bonds is 8. The third-order valence-electron chi connectivity index (χ3n) is 2.52. The van der Waals surface area contributed by atoms with Crippen molar-refractivity contribution in [1.29, 1.82) is 0 Å². The molecule has 0 aliphatic rings. The van der Waals surface area contributed by atoms with Crippen molar-refractivity contribution >= 4 is 39.0 Å². The van der Waals surface area contributed by atoms with Crippen molar-refractivity contribution in [2.24, 2.45) is 0 Å². The fraction of sp³-hybridized carbons (Fsp3) is 0.417. The van der Waals surface area contributed by atoms with E-state index in [1.807, 2.05) is 0 Å². The van der Waals surface area contributed by atoms with Gasteiger partial charge in [-0.2, -0.15) is 0 Å². The number of aromatic carboxylic acids is 1. The van der Waals surface area contributed by atoms with Gasteiger partial charge >= 0.3 is 5.97 Å². The first-order valence-electron chi connectivity index (χ1n) is 5.81. The van der Waals surface area contributed by atoms with Gasteiger partial charge in [0.2, 0.25) is 0 Å². The Labute approximate surface area is 132 Å². The van der Waals surface area contributed by atoms with E-state index in [1.165, 1.54) is 7.11 Å². The van der Waals surface area contributed by atoms with E-state index < -0.39 is 15.8 Å². The lowest BCUT2D eigenvalue weighted by atomic mass is 10.2. The Morgan fingerprint density at radius 1 is 1.19 bits per heavy atom. The molecule has 0 amide bonds. The van der Waals surface area contributed by atoms with Crippen LogP contribution in [0.3, 0.4) is 0 Å². The topological polar surface area (TPSA) is 89.9 Å². The third kappa shape index (κ3) is 5.12. The summed E-state index contributed by atoms with van der Waals surface area (Å²) in [6.45, 7) is 0.568. The number of methoxy groups -OCH3 is 1. The van der Waals surface area contributed by atoms with Crippen molar-refractivity contribution in [3.63, 3.8) is 0 Å². The van der Waals surface area contributed by atoms with Gasteiger partial charge in [-0.25, -0.2) is 13.2 Å². The number of sulfone groups is 1. The highest BCUT2D eigenvalue weighted by molar-refractivity contribution is 7.91. The monoisotopic (exact) mass is 356 g/mol. The Balaban J connectivity index is 2.92. The maximum atomic E-state index is 12.1. The highest BCUT2D eigenvalue weighted by Crippen LogP contribution is 2.29. The van der Waals surface area contributed by atoms with E-state index >= 15 is 0 Å². The molecule has 21 heavy (non-hydrogen) atoms.